The molecule has 6 heteroatoms. The van der Waals surface area contributed by atoms with Crippen molar-refractivity contribution in [3.05, 3.63) is 0 Å². The van der Waals surface area contributed by atoms with E-state index in [1.165, 1.54) is 0 Å². The fourth-order valence-electron chi connectivity index (χ4n) is 1.61. The molecular weight excluding hydrogens is 226 g/mol. The van der Waals surface area contributed by atoms with E-state index < -0.39 is 8.80 Å². The SMILES string of the molecule is CO[Si](CC[N+](C)(C)CCCO)(OC)OC. The maximum absolute atomic E-state index is 8.82. The average Bonchev–Trinajstić information content (AvgIpc) is 2.29. The summed E-state index contributed by atoms with van der Waals surface area (Å²) in [5.41, 5.74) is 0. The lowest BCUT2D eigenvalue weighted by Gasteiger charge is -2.33. The third-order valence-electron chi connectivity index (χ3n) is 2.88. The van der Waals surface area contributed by atoms with Gasteiger partial charge in [-0.05, 0) is 0 Å². The van der Waals surface area contributed by atoms with E-state index >= 15 is 0 Å². The molecule has 0 aliphatic carbocycles. The molecule has 98 valence electrons. The monoisotopic (exact) mass is 252 g/mol. The number of aliphatic hydroxyl groups excluding tert-OH is 1. The summed E-state index contributed by atoms with van der Waals surface area (Å²) in [6, 6.07) is 0.787. The van der Waals surface area contributed by atoms with Crippen LogP contribution in [0.25, 0.3) is 0 Å². The fourth-order valence-corrected chi connectivity index (χ4v) is 3.60. The van der Waals surface area contributed by atoms with Crippen LogP contribution < -0.4 is 0 Å². The molecule has 0 spiro atoms. The van der Waals surface area contributed by atoms with Crippen LogP contribution in [0, 0.1) is 0 Å². The Kier molecular flexibility index (Phi) is 7.37. The Balaban J connectivity index is 4.18. The van der Waals surface area contributed by atoms with Crippen LogP contribution >= 0.6 is 0 Å². The van der Waals surface area contributed by atoms with Gasteiger partial charge in [-0.3, -0.25) is 0 Å². The summed E-state index contributed by atoms with van der Waals surface area (Å²) < 4.78 is 17.0. The van der Waals surface area contributed by atoms with E-state index in [9.17, 15) is 0 Å². The first-order valence-corrected chi connectivity index (χ1v) is 7.47. The molecule has 0 heterocycles. The lowest BCUT2D eigenvalue weighted by molar-refractivity contribution is -0.888. The molecule has 0 fully saturated rings. The Labute approximate surface area is 99.9 Å². The van der Waals surface area contributed by atoms with Gasteiger partial charge in [0.25, 0.3) is 0 Å². The molecule has 0 radical (unpaired) electrons. The third-order valence-corrected chi connectivity index (χ3v) is 5.58. The van der Waals surface area contributed by atoms with Crippen molar-refractivity contribution in [2.24, 2.45) is 0 Å². The van der Waals surface area contributed by atoms with E-state index in [2.05, 4.69) is 14.1 Å². The van der Waals surface area contributed by atoms with Gasteiger partial charge in [0.1, 0.15) is 0 Å². The van der Waals surface area contributed by atoms with Crippen molar-refractivity contribution in [2.45, 2.75) is 12.5 Å². The van der Waals surface area contributed by atoms with Gasteiger partial charge in [-0.15, -0.1) is 0 Å². The number of hydrogen-bond acceptors (Lipinski definition) is 4. The van der Waals surface area contributed by atoms with Gasteiger partial charge in [-0.1, -0.05) is 0 Å². The van der Waals surface area contributed by atoms with Crippen molar-refractivity contribution in [1.82, 2.24) is 0 Å². The number of nitrogens with zero attached hydrogens (tertiary/aromatic N) is 1. The smallest absolute Gasteiger partial charge is 0.396 e. The summed E-state index contributed by atoms with van der Waals surface area (Å²) in [6.07, 6.45) is 0.814. The molecule has 0 amide bonds. The molecule has 0 rings (SSSR count). The minimum Gasteiger partial charge on any atom is -0.396 e. The predicted octanol–water partition coefficient (Wildman–Crippen LogP) is 0.323. The summed E-state index contributed by atoms with van der Waals surface area (Å²) in [7, 11) is 6.72. The van der Waals surface area contributed by atoms with Crippen LogP contribution in [-0.4, -0.2) is 73.5 Å². The number of hydrogen-bond donors (Lipinski definition) is 1. The zero-order chi connectivity index (χ0) is 12.7. The quantitative estimate of drug-likeness (QED) is 0.474. The first-order chi connectivity index (χ1) is 7.45. The van der Waals surface area contributed by atoms with Gasteiger partial charge in [0.05, 0.1) is 33.2 Å². The molecule has 16 heavy (non-hydrogen) atoms. The molecule has 0 aromatic heterocycles. The first kappa shape index (κ1) is 16.0. The second kappa shape index (κ2) is 7.36. The lowest BCUT2D eigenvalue weighted by atomic mass is 10.3. The second-order valence-corrected chi connectivity index (χ2v) is 7.60. The predicted molar refractivity (Wildman–Crippen MR) is 65.1 cm³/mol. The highest BCUT2D eigenvalue weighted by Gasteiger charge is 2.39. The van der Waals surface area contributed by atoms with Crippen LogP contribution in [0.15, 0.2) is 0 Å². The Morgan fingerprint density at radius 2 is 1.50 bits per heavy atom. The molecule has 0 atom stereocenters. The van der Waals surface area contributed by atoms with Crippen LogP contribution in [0.4, 0.5) is 0 Å². The highest BCUT2D eigenvalue weighted by atomic mass is 28.4. The summed E-state index contributed by atoms with van der Waals surface area (Å²) in [5, 5.41) is 8.82. The van der Waals surface area contributed by atoms with Gasteiger partial charge in [0.15, 0.2) is 0 Å². The maximum Gasteiger partial charge on any atom is 0.505 e. The van der Waals surface area contributed by atoms with Crippen molar-refractivity contribution >= 4 is 8.80 Å². The van der Waals surface area contributed by atoms with E-state index in [1.807, 2.05) is 0 Å². The molecule has 0 aromatic rings. The zero-order valence-corrected chi connectivity index (χ0v) is 12.2. The Morgan fingerprint density at radius 1 is 1.00 bits per heavy atom. The van der Waals surface area contributed by atoms with Crippen molar-refractivity contribution in [3.63, 3.8) is 0 Å². The Hall–Kier alpha value is 0.0169. The van der Waals surface area contributed by atoms with Crippen molar-refractivity contribution in [3.8, 4) is 0 Å². The van der Waals surface area contributed by atoms with Crippen molar-refractivity contribution < 1.29 is 22.9 Å². The molecule has 1 N–H and O–H groups in total. The molecule has 0 bridgehead atoms. The highest BCUT2D eigenvalue weighted by Crippen LogP contribution is 2.15. The normalized spacial score (nSPS) is 13.1. The van der Waals surface area contributed by atoms with E-state index in [4.69, 9.17) is 18.4 Å². The molecule has 0 aromatic carbocycles. The van der Waals surface area contributed by atoms with Crippen LogP contribution in [-0.2, 0) is 13.3 Å². The van der Waals surface area contributed by atoms with E-state index in [-0.39, 0.29) is 6.61 Å². The van der Waals surface area contributed by atoms with Crippen LogP contribution in [0.5, 0.6) is 0 Å². The zero-order valence-electron chi connectivity index (χ0n) is 11.2. The summed E-state index contributed by atoms with van der Waals surface area (Å²) in [4.78, 5) is 0. The molecule has 0 unspecified atom stereocenters. The van der Waals surface area contributed by atoms with Gasteiger partial charge in [0.2, 0.25) is 0 Å². The standard InChI is InChI=1S/C10H26NO4Si/c1-11(2,7-6-9-12)8-10-16(13-3,14-4)15-5/h12H,6-10H2,1-5H3/q+1. The van der Waals surface area contributed by atoms with Crippen molar-refractivity contribution in [2.75, 3.05) is 55.1 Å². The topological polar surface area (TPSA) is 47.9 Å². The number of aliphatic hydroxyl groups is 1. The fraction of sp³-hybridized carbons (Fsp3) is 1.00. The van der Waals surface area contributed by atoms with Gasteiger partial charge in [-0.2, -0.15) is 0 Å². The molecule has 0 saturated heterocycles. The van der Waals surface area contributed by atoms with E-state index in [0.29, 0.717) is 0 Å². The molecule has 0 saturated carbocycles. The largest absolute Gasteiger partial charge is 0.505 e. The highest BCUT2D eigenvalue weighted by molar-refractivity contribution is 6.60. The molecule has 5 nitrogen and oxygen atoms in total. The summed E-state index contributed by atoms with van der Waals surface area (Å²) >= 11 is 0. The Morgan fingerprint density at radius 3 is 1.88 bits per heavy atom. The van der Waals surface area contributed by atoms with E-state index in [1.54, 1.807) is 21.3 Å². The van der Waals surface area contributed by atoms with Gasteiger partial charge < -0.3 is 22.9 Å². The molecule has 0 aliphatic rings. The third kappa shape index (κ3) is 5.38. The van der Waals surface area contributed by atoms with Gasteiger partial charge in [0, 0.05) is 34.4 Å². The first-order valence-electron chi connectivity index (χ1n) is 5.53. The molecular formula is C10H26NO4Si+. The van der Waals surface area contributed by atoms with Crippen LogP contribution in [0.1, 0.15) is 6.42 Å². The van der Waals surface area contributed by atoms with Crippen LogP contribution in [0.3, 0.4) is 0 Å². The summed E-state index contributed by atoms with van der Waals surface area (Å²) in [6.45, 7) is 2.10. The minimum absolute atomic E-state index is 0.239. The molecule has 0 aliphatic heterocycles. The van der Waals surface area contributed by atoms with Crippen molar-refractivity contribution in [1.29, 1.82) is 0 Å². The average molecular weight is 252 g/mol. The number of quaternary nitrogens is 1. The van der Waals surface area contributed by atoms with E-state index in [0.717, 1.165) is 30.0 Å². The van der Waals surface area contributed by atoms with Gasteiger partial charge in [-0.25, -0.2) is 0 Å². The van der Waals surface area contributed by atoms with Crippen LogP contribution in [0.2, 0.25) is 6.04 Å². The van der Waals surface area contributed by atoms with Gasteiger partial charge >= 0.3 is 8.80 Å². The number of rotatable bonds is 9. The lowest BCUT2D eigenvalue weighted by Crippen LogP contribution is -2.50. The second-order valence-electron chi connectivity index (χ2n) is 4.51. The summed E-state index contributed by atoms with van der Waals surface area (Å²) in [5.74, 6) is 0. The minimum atomic E-state index is -2.44. The maximum atomic E-state index is 8.82. The Bertz CT molecular complexity index is 177.